The van der Waals surface area contributed by atoms with Crippen LogP contribution in [0.3, 0.4) is 0 Å². The third-order valence-electron chi connectivity index (χ3n) is 5.19. The van der Waals surface area contributed by atoms with E-state index >= 15 is 0 Å². The lowest BCUT2D eigenvalue weighted by atomic mass is 10.1. The molecule has 1 aliphatic rings. The molecular weight excluding hydrogens is 600 g/mol. The number of halogens is 3. The number of amides is 3. The molecule has 1 heterocycles. The minimum Gasteiger partial charge on any atom is -0.490 e. The van der Waals surface area contributed by atoms with Crippen LogP contribution in [-0.2, 0) is 17.9 Å². The number of hydrogen-bond donors (Lipinski definition) is 1. The quantitative estimate of drug-likeness (QED) is 0.219. The van der Waals surface area contributed by atoms with Gasteiger partial charge >= 0.3 is 6.03 Å². The summed E-state index contributed by atoms with van der Waals surface area (Å²) in [6.45, 7) is 2.84. The molecule has 1 aliphatic heterocycles. The molecule has 0 atom stereocenters. The maximum atomic E-state index is 12.9. The van der Waals surface area contributed by atoms with E-state index in [2.05, 4.69) is 37.2 Å². The van der Waals surface area contributed by atoms with Gasteiger partial charge in [0.1, 0.15) is 12.3 Å². The van der Waals surface area contributed by atoms with Gasteiger partial charge in [-0.15, -0.1) is 0 Å². The van der Waals surface area contributed by atoms with Gasteiger partial charge < -0.3 is 14.8 Å². The highest BCUT2D eigenvalue weighted by molar-refractivity contribution is 9.10. The van der Waals surface area contributed by atoms with E-state index in [0.717, 1.165) is 20.5 Å². The highest BCUT2D eigenvalue weighted by atomic mass is 79.9. The lowest BCUT2D eigenvalue weighted by Crippen LogP contribution is -2.30. The van der Waals surface area contributed by atoms with Crippen molar-refractivity contribution in [2.45, 2.75) is 20.1 Å². The summed E-state index contributed by atoms with van der Waals surface area (Å²) in [5.41, 5.74) is 2.65. The molecule has 1 N–H and O–H groups in total. The van der Waals surface area contributed by atoms with Gasteiger partial charge in [0.25, 0.3) is 5.91 Å². The van der Waals surface area contributed by atoms with Crippen molar-refractivity contribution in [3.05, 3.63) is 97.0 Å². The predicted octanol–water partition coefficient (Wildman–Crippen LogP) is 6.94. The first-order valence-corrected chi connectivity index (χ1v) is 12.7. The van der Waals surface area contributed by atoms with E-state index in [1.165, 1.54) is 0 Å². The fourth-order valence-corrected chi connectivity index (χ4v) is 4.25. The van der Waals surface area contributed by atoms with Crippen LogP contribution in [0.15, 0.2) is 75.3 Å². The fourth-order valence-electron chi connectivity index (χ4n) is 3.43. The number of carbonyl (C=O) groups excluding carboxylic acids is 2. The lowest BCUT2D eigenvalue weighted by Gasteiger charge is -2.14. The van der Waals surface area contributed by atoms with Gasteiger partial charge in [0, 0.05) is 14.0 Å². The lowest BCUT2D eigenvalue weighted by molar-refractivity contribution is -0.123. The molecule has 180 valence electrons. The smallest absolute Gasteiger partial charge is 0.329 e. The molecule has 3 aromatic carbocycles. The molecule has 4 rings (SSSR count). The Morgan fingerprint density at radius 3 is 2.29 bits per heavy atom. The molecule has 6 nitrogen and oxygen atoms in total. The molecule has 0 aliphatic carbocycles. The van der Waals surface area contributed by atoms with E-state index in [9.17, 15) is 9.59 Å². The van der Waals surface area contributed by atoms with Crippen molar-refractivity contribution in [1.29, 1.82) is 0 Å². The van der Waals surface area contributed by atoms with Crippen molar-refractivity contribution >= 4 is 61.5 Å². The van der Waals surface area contributed by atoms with Gasteiger partial charge in [-0.3, -0.25) is 9.69 Å². The molecule has 35 heavy (non-hydrogen) atoms. The van der Waals surface area contributed by atoms with Gasteiger partial charge in [-0.25, -0.2) is 4.79 Å². The van der Waals surface area contributed by atoms with Crippen LogP contribution in [0.5, 0.6) is 11.5 Å². The van der Waals surface area contributed by atoms with Crippen molar-refractivity contribution < 1.29 is 19.1 Å². The Hall–Kier alpha value is -2.81. The molecule has 0 bridgehead atoms. The van der Waals surface area contributed by atoms with E-state index in [-0.39, 0.29) is 12.2 Å². The summed E-state index contributed by atoms with van der Waals surface area (Å²) in [4.78, 5) is 26.6. The number of imide groups is 1. The first-order valence-electron chi connectivity index (χ1n) is 10.8. The van der Waals surface area contributed by atoms with Crippen LogP contribution >= 0.6 is 43.5 Å². The largest absolute Gasteiger partial charge is 0.490 e. The van der Waals surface area contributed by atoms with Crippen LogP contribution < -0.4 is 14.8 Å². The normalized spacial score (nSPS) is 14.4. The number of nitrogens with one attached hydrogen (secondary N) is 1. The second kappa shape index (κ2) is 11.3. The molecule has 0 radical (unpaired) electrons. The van der Waals surface area contributed by atoms with E-state index in [1.807, 2.05) is 31.2 Å². The van der Waals surface area contributed by atoms with Gasteiger partial charge in [0.05, 0.1) is 13.2 Å². The SMILES string of the molecule is CCOc1cc(/C=C2\NC(=O)N(Cc3ccc(Cl)cc3)C2=O)c(Br)cc1OCc1ccc(Br)cc1. The monoisotopic (exact) mass is 618 g/mol. The van der Waals surface area contributed by atoms with Gasteiger partial charge in [-0.05, 0) is 66.1 Å². The Labute approximate surface area is 225 Å². The van der Waals surface area contributed by atoms with Gasteiger partial charge in [0.2, 0.25) is 0 Å². The molecule has 0 spiro atoms. The number of nitrogens with zero attached hydrogens (tertiary/aromatic N) is 1. The topological polar surface area (TPSA) is 67.9 Å². The summed E-state index contributed by atoms with van der Waals surface area (Å²) >= 11 is 12.9. The molecule has 3 amide bonds. The summed E-state index contributed by atoms with van der Waals surface area (Å²) in [5.74, 6) is 0.690. The van der Waals surface area contributed by atoms with Crippen LogP contribution in [0.4, 0.5) is 4.79 Å². The molecule has 9 heteroatoms. The number of rotatable bonds is 8. The van der Waals surface area contributed by atoms with E-state index in [0.29, 0.717) is 39.8 Å². The Balaban J connectivity index is 1.54. The Morgan fingerprint density at radius 1 is 0.943 bits per heavy atom. The number of urea groups is 1. The molecule has 1 saturated heterocycles. The number of ether oxygens (including phenoxy) is 2. The second-order valence-electron chi connectivity index (χ2n) is 7.67. The summed E-state index contributed by atoms with van der Waals surface area (Å²) in [6.07, 6.45) is 1.62. The zero-order chi connectivity index (χ0) is 24.9. The number of hydrogen-bond acceptors (Lipinski definition) is 4. The van der Waals surface area contributed by atoms with E-state index < -0.39 is 11.9 Å². The van der Waals surface area contributed by atoms with Crippen LogP contribution in [-0.4, -0.2) is 23.4 Å². The Bertz CT molecular complexity index is 1280. The molecule has 0 unspecified atom stereocenters. The Morgan fingerprint density at radius 2 is 1.60 bits per heavy atom. The first kappa shape index (κ1) is 25.3. The average molecular weight is 621 g/mol. The van der Waals surface area contributed by atoms with Crippen molar-refractivity contribution in [3.8, 4) is 11.5 Å². The highest BCUT2D eigenvalue weighted by Crippen LogP contribution is 2.36. The maximum absolute atomic E-state index is 12.9. The third kappa shape index (κ3) is 6.25. The third-order valence-corrected chi connectivity index (χ3v) is 6.65. The van der Waals surface area contributed by atoms with Crippen LogP contribution in [0, 0.1) is 0 Å². The summed E-state index contributed by atoms with van der Waals surface area (Å²) < 4.78 is 13.5. The van der Waals surface area contributed by atoms with Crippen molar-refractivity contribution in [3.63, 3.8) is 0 Å². The van der Waals surface area contributed by atoms with Gasteiger partial charge in [-0.1, -0.05) is 67.7 Å². The minimum atomic E-state index is -0.480. The summed E-state index contributed by atoms with van der Waals surface area (Å²) in [6, 6.07) is 18.0. The van der Waals surface area contributed by atoms with Gasteiger partial charge in [0.15, 0.2) is 11.5 Å². The molecular formula is C26H21Br2ClN2O4. The van der Waals surface area contributed by atoms with E-state index in [4.69, 9.17) is 21.1 Å². The van der Waals surface area contributed by atoms with Gasteiger partial charge in [-0.2, -0.15) is 0 Å². The predicted molar refractivity (Wildman–Crippen MR) is 142 cm³/mol. The Kier molecular flexibility index (Phi) is 8.15. The van der Waals surface area contributed by atoms with E-state index in [1.54, 1.807) is 42.5 Å². The van der Waals surface area contributed by atoms with Crippen LogP contribution in [0.2, 0.25) is 5.02 Å². The van der Waals surface area contributed by atoms with Crippen LogP contribution in [0.25, 0.3) is 6.08 Å². The molecule has 0 saturated carbocycles. The first-order chi connectivity index (χ1) is 16.8. The zero-order valence-corrected chi connectivity index (χ0v) is 22.6. The van der Waals surface area contributed by atoms with Crippen molar-refractivity contribution in [2.24, 2.45) is 0 Å². The molecule has 3 aromatic rings. The average Bonchev–Trinajstić information content (AvgIpc) is 3.10. The van der Waals surface area contributed by atoms with Crippen molar-refractivity contribution in [2.75, 3.05) is 6.61 Å². The second-order valence-corrected chi connectivity index (χ2v) is 9.88. The van der Waals surface area contributed by atoms with Crippen LogP contribution in [0.1, 0.15) is 23.6 Å². The summed E-state index contributed by atoms with van der Waals surface area (Å²) in [5, 5.41) is 3.24. The fraction of sp³-hybridized carbons (Fsp3) is 0.154. The maximum Gasteiger partial charge on any atom is 0.329 e. The molecule has 1 fully saturated rings. The zero-order valence-electron chi connectivity index (χ0n) is 18.7. The number of carbonyl (C=O) groups is 2. The number of benzene rings is 3. The summed E-state index contributed by atoms with van der Waals surface area (Å²) in [7, 11) is 0. The van der Waals surface area contributed by atoms with Crippen molar-refractivity contribution in [1.82, 2.24) is 10.2 Å². The standard InChI is InChI=1S/C26H21Br2ClN2O4/c1-2-34-23-12-18(21(28)13-24(23)35-15-17-3-7-19(27)8-4-17)11-22-25(32)31(26(33)30-22)14-16-5-9-20(29)10-6-16/h3-13H,2,14-15H2,1H3,(H,30,33)/b22-11-. The minimum absolute atomic E-state index is 0.146. The molecule has 0 aromatic heterocycles. The highest BCUT2D eigenvalue weighted by Gasteiger charge is 2.33.